The van der Waals surface area contributed by atoms with E-state index in [-0.39, 0.29) is 5.91 Å². The summed E-state index contributed by atoms with van der Waals surface area (Å²) in [5.41, 5.74) is 4.29. The number of carbonyl (C=O) groups is 1. The summed E-state index contributed by atoms with van der Waals surface area (Å²) >= 11 is 0. The van der Waals surface area contributed by atoms with E-state index in [4.69, 9.17) is 9.97 Å². The first-order valence-corrected chi connectivity index (χ1v) is 11.4. The number of aromatic nitrogens is 4. The van der Waals surface area contributed by atoms with E-state index in [9.17, 15) is 4.79 Å². The number of amides is 1. The Morgan fingerprint density at radius 3 is 2.56 bits per heavy atom. The van der Waals surface area contributed by atoms with Gasteiger partial charge in [0.1, 0.15) is 0 Å². The second-order valence-corrected chi connectivity index (χ2v) is 8.55. The Morgan fingerprint density at radius 2 is 1.79 bits per heavy atom. The summed E-state index contributed by atoms with van der Waals surface area (Å²) in [6, 6.07) is 18.0. The lowest BCUT2D eigenvalue weighted by molar-refractivity contribution is -0.127. The third-order valence-electron chi connectivity index (χ3n) is 5.90. The predicted molar refractivity (Wildman–Crippen MR) is 135 cm³/mol. The number of hydrogen-bond acceptors (Lipinski definition) is 7. The number of para-hydroxylation sites is 1. The van der Waals surface area contributed by atoms with Gasteiger partial charge in [0.2, 0.25) is 11.9 Å². The molecule has 0 radical (unpaired) electrons. The van der Waals surface area contributed by atoms with Crippen molar-refractivity contribution in [2.24, 2.45) is 0 Å². The summed E-state index contributed by atoms with van der Waals surface area (Å²) in [6.45, 7) is 2.08. The molecule has 0 atom stereocenters. The van der Waals surface area contributed by atoms with Gasteiger partial charge >= 0.3 is 0 Å². The fourth-order valence-electron chi connectivity index (χ4n) is 4.07. The fraction of sp³-hybridized carbons (Fsp3) is 0.280. The van der Waals surface area contributed by atoms with Crippen molar-refractivity contribution in [2.75, 3.05) is 42.7 Å². The zero-order valence-electron chi connectivity index (χ0n) is 19.4. The van der Waals surface area contributed by atoms with Crippen molar-refractivity contribution in [3.05, 3.63) is 60.9 Å². The molecule has 3 heterocycles. The Labute approximate surface area is 198 Å². The molecule has 5 rings (SSSR count). The minimum atomic E-state index is 0.216. The topological polar surface area (TPSA) is 91.2 Å². The van der Waals surface area contributed by atoms with Crippen molar-refractivity contribution in [1.29, 1.82) is 0 Å². The molecular formula is C25H28N8O. The summed E-state index contributed by atoms with van der Waals surface area (Å²) < 4.78 is 1.99. The lowest BCUT2D eigenvalue weighted by Gasteiger charge is -2.16. The van der Waals surface area contributed by atoms with Crippen LogP contribution in [-0.4, -0.2) is 57.5 Å². The number of carbonyl (C=O) groups excluding carboxylic acids is 1. The van der Waals surface area contributed by atoms with Gasteiger partial charge in [-0.25, -0.2) is 4.98 Å². The van der Waals surface area contributed by atoms with Crippen molar-refractivity contribution >= 4 is 45.9 Å². The molecule has 2 aromatic heterocycles. The highest BCUT2D eigenvalue weighted by molar-refractivity contribution is 5.87. The second kappa shape index (κ2) is 9.38. The van der Waals surface area contributed by atoms with Gasteiger partial charge in [0.25, 0.3) is 0 Å². The molecule has 1 aliphatic heterocycles. The van der Waals surface area contributed by atoms with Crippen LogP contribution in [0.25, 0.3) is 11.2 Å². The van der Waals surface area contributed by atoms with E-state index in [0.29, 0.717) is 42.4 Å². The van der Waals surface area contributed by atoms with Gasteiger partial charge in [-0.2, -0.15) is 9.97 Å². The molecule has 9 heteroatoms. The standard InChI is InChI=1S/C25H28N8O/c1-31(2)20-11-6-10-19(16-20)28-25-29-23(27-18-8-4-3-5-9-18)22-24(30-25)33(17-26-22)15-14-32-13-7-12-21(32)34/h3-6,8-11,16-17H,7,12-15H2,1-2H3,(H2,27,28,29,30). The Balaban J connectivity index is 1.49. The van der Waals surface area contributed by atoms with Crippen LogP contribution in [0.1, 0.15) is 12.8 Å². The van der Waals surface area contributed by atoms with E-state index in [0.717, 1.165) is 30.0 Å². The van der Waals surface area contributed by atoms with Gasteiger partial charge in [-0.15, -0.1) is 0 Å². The van der Waals surface area contributed by atoms with Crippen LogP contribution in [-0.2, 0) is 11.3 Å². The van der Waals surface area contributed by atoms with E-state index in [1.165, 1.54) is 0 Å². The summed E-state index contributed by atoms with van der Waals surface area (Å²) in [7, 11) is 4.01. The largest absolute Gasteiger partial charge is 0.378 e. The highest BCUT2D eigenvalue weighted by Crippen LogP contribution is 2.27. The van der Waals surface area contributed by atoms with Crippen molar-refractivity contribution in [3.8, 4) is 0 Å². The molecule has 1 saturated heterocycles. The molecule has 1 fully saturated rings. The van der Waals surface area contributed by atoms with Crippen LogP contribution in [0.4, 0.5) is 28.8 Å². The Morgan fingerprint density at radius 1 is 0.971 bits per heavy atom. The van der Waals surface area contributed by atoms with Crippen molar-refractivity contribution in [1.82, 2.24) is 24.4 Å². The number of nitrogens with one attached hydrogen (secondary N) is 2. The van der Waals surface area contributed by atoms with Crippen LogP contribution in [0.3, 0.4) is 0 Å². The molecule has 2 aromatic carbocycles. The maximum atomic E-state index is 12.0. The van der Waals surface area contributed by atoms with E-state index in [1.807, 2.05) is 83.1 Å². The second-order valence-electron chi connectivity index (χ2n) is 8.55. The number of hydrogen-bond donors (Lipinski definition) is 2. The average Bonchev–Trinajstić information content (AvgIpc) is 3.44. The van der Waals surface area contributed by atoms with Crippen LogP contribution < -0.4 is 15.5 Å². The fourth-order valence-corrected chi connectivity index (χ4v) is 4.07. The quantitative estimate of drug-likeness (QED) is 0.414. The lowest BCUT2D eigenvalue weighted by atomic mass is 10.2. The SMILES string of the molecule is CN(C)c1cccc(Nc2nc(Nc3ccccc3)c3ncn(CCN4CCCC4=O)c3n2)c1. The maximum Gasteiger partial charge on any atom is 0.231 e. The monoisotopic (exact) mass is 456 g/mol. The van der Waals surface area contributed by atoms with Crippen molar-refractivity contribution < 1.29 is 4.79 Å². The van der Waals surface area contributed by atoms with E-state index in [2.05, 4.69) is 15.6 Å². The molecular weight excluding hydrogens is 428 g/mol. The van der Waals surface area contributed by atoms with E-state index >= 15 is 0 Å². The summed E-state index contributed by atoms with van der Waals surface area (Å²) in [5, 5.41) is 6.72. The summed E-state index contributed by atoms with van der Waals surface area (Å²) in [5.74, 6) is 1.31. The first-order chi connectivity index (χ1) is 16.6. The van der Waals surface area contributed by atoms with Gasteiger partial charge in [-0.3, -0.25) is 4.79 Å². The molecule has 1 amide bonds. The van der Waals surface area contributed by atoms with Gasteiger partial charge in [0, 0.05) is 57.2 Å². The summed E-state index contributed by atoms with van der Waals surface area (Å²) in [4.78, 5) is 30.1. The van der Waals surface area contributed by atoms with Crippen molar-refractivity contribution in [2.45, 2.75) is 19.4 Å². The lowest BCUT2D eigenvalue weighted by Crippen LogP contribution is -2.28. The molecule has 2 N–H and O–H groups in total. The highest BCUT2D eigenvalue weighted by atomic mass is 16.2. The molecule has 0 aliphatic carbocycles. The number of anilines is 5. The highest BCUT2D eigenvalue weighted by Gasteiger charge is 2.20. The maximum absolute atomic E-state index is 12.0. The minimum absolute atomic E-state index is 0.216. The zero-order chi connectivity index (χ0) is 23.5. The molecule has 0 spiro atoms. The third kappa shape index (κ3) is 4.63. The number of imidazole rings is 1. The van der Waals surface area contributed by atoms with Crippen LogP contribution in [0.5, 0.6) is 0 Å². The van der Waals surface area contributed by atoms with Crippen molar-refractivity contribution in [3.63, 3.8) is 0 Å². The minimum Gasteiger partial charge on any atom is -0.378 e. The smallest absolute Gasteiger partial charge is 0.231 e. The molecule has 9 nitrogen and oxygen atoms in total. The van der Waals surface area contributed by atoms with Gasteiger partial charge in [-0.1, -0.05) is 24.3 Å². The van der Waals surface area contributed by atoms with Crippen LogP contribution >= 0.6 is 0 Å². The average molecular weight is 457 g/mol. The number of benzene rings is 2. The van der Waals surface area contributed by atoms with Crippen LogP contribution in [0.2, 0.25) is 0 Å². The molecule has 4 aromatic rings. The van der Waals surface area contributed by atoms with Crippen LogP contribution in [0, 0.1) is 0 Å². The summed E-state index contributed by atoms with van der Waals surface area (Å²) in [6.07, 6.45) is 3.33. The zero-order valence-corrected chi connectivity index (χ0v) is 19.4. The Hall–Kier alpha value is -4.14. The Kier molecular flexibility index (Phi) is 5.99. The van der Waals surface area contributed by atoms with Gasteiger partial charge in [0.15, 0.2) is 17.0 Å². The predicted octanol–water partition coefficient (Wildman–Crippen LogP) is 4.00. The number of nitrogens with zero attached hydrogens (tertiary/aromatic N) is 6. The molecule has 174 valence electrons. The van der Waals surface area contributed by atoms with E-state index < -0.39 is 0 Å². The third-order valence-corrected chi connectivity index (χ3v) is 5.90. The van der Waals surface area contributed by atoms with E-state index in [1.54, 1.807) is 6.33 Å². The van der Waals surface area contributed by atoms with Gasteiger partial charge in [-0.05, 0) is 36.8 Å². The molecule has 34 heavy (non-hydrogen) atoms. The number of rotatable bonds is 8. The first-order valence-electron chi connectivity index (χ1n) is 11.4. The van der Waals surface area contributed by atoms with Crippen LogP contribution in [0.15, 0.2) is 60.9 Å². The molecule has 0 bridgehead atoms. The molecule has 0 saturated carbocycles. The number of likely N-dealkylation sites (tertiary alicyclic amines) is 1. The first kappa shape index (κ1) is 21.7. The van der Waals surface area contributed by atoms with Gasteiger partial charge < -0.3 is 25.0 Å². The molecule has 0 unspecified atom stereocenters. The Bertz CT molecular complexity index is 1300. The van der Waals surface area contributed by atoms with Gasteiger partial charge in [0.05, 0.1) is 6.33 Å². The molecule has 1 aliphatic rings. The number of fused-ring (bicyclic) bond motifs is 1. The normalized spacial score (nSPS) is 13.5.